The summed E-state index contributed by atoms with van der Waals surface area (Å²) in [7, 11) is 0. The highest BCUT2D eigenvalue weighted by Gasteiger charge is 2.20. The van der Waals surface area contributed by atoms with Crippen LogP contribution in [0.5, 0.6) is 0 Å². The third-order valence-electron chi connectivity index (χ3n) is 3.27. The minimum absolute atomic E-state index is 0.333. The van der Waals surface area contributed by atoms with Crippen molar-refractivity contribution in [2.75, 3.05) is 6.54 Å². The standard InChI is InChI=1S/C15H21N3S2/c1-4-12-6-8-13(9-7-12)14(16-5-2)11(3)19-15-17-10-18-20-15/h6-11,14,16H,4-5H2,1-3H3. The maximum absolute atomic E-state index is 4.26. The SMILES string of the molecule is CCNC(c1ccc(CC)cc1)C(C)Sc1ncns1. The van der Waals surface area contributed by atoms with Gasteiger partial charge in [0.2, 0.25) is 0 Å². The van der Waals surface area contributed by atoms with E-state index < -0.39 is 0 Å². The van der Waals surface area contributed by atoms with Gasteiger partial charge in [-0.05, 0) is 35.6 Å². The fraction of sp³-hybridized carbons (Fsp3) is 0.467. The average molecular weight is 307 g/mol. The van der Waals surface area contributed by atoms with Gasteiger partial charge in [0.15, 0.2) is 4.34 Å². The van der Waals surface area contributed by atoms with Gasteiger partial charge >= 0.3 is 0 Å². The number of aromatic nitrogens is 2. The van der Waals surface area contributed by atoms with Crippen molar-refractivity contribution >= 4 is 23.3 Å². The summed E-state index contributed by atoms with van der Waals surface area (Å²) in [6.45, 7) is 7.54. The topological polar surface area (TPSA) is 37.8 Å². The van der Waals surface area contributed by atoms with Crippen LogP contribution in [-0.4, -0.2) is 21.2 Å². The van der Waals surface area contributed by atoms with Gasteiger partial charge in [0.05, 0.1) is 0 Å². The molecular formula is C15H21N3S2. The maximum Gasteiger partial charge on any atom is 0.170 e. The van der Waals surface area contributed by atoms with Crippen LogP contribution >= 0.6 is 23.3 Å². The largest absolute Gasteiger partial charge is 0.309 e. The van der Waals surface area contributed by atoms with Crippen LogP contribution in [0.2, 0.25) is 0 Å². The summed E-state index contributed by atoms with van der Waals surface area (Å²) in [5, 5.41) is 4.00. The summed E-state index contributed by atoms with van der Waals surface area (Å²) in [4.78, 5) is 4.26. The molecule has 2 atom stereocenters. The molecule has 0 amide bonds. The van der Waals surface area contributed by atoms with Gasteiger partial charge in [-0.3, -0.25) is 0 Å². The number of rotatable bonds is 7. The molecule has 0 fully saturated rings. The number of thioether (sulfide) groups is 1. The van der Waals surface area contributed by atoms with Crippen LogP contribution in [0.1, 0.15) is 37.9 Å². The first-order valence-electron chi connectivity index (χ1n) is 7.00. The summed E-state index contributed by atoms with van der Waals surface area (Å²) in [6, 6.07) is 9.26. The number of hydrogen-bond acceptors (Lipinski definition) is 5. The van der Waals surface area contributed by atoms with Crippen molar-refractivity contribution in [2.24, 2.45) is 0 Å². The minimum atomic E-state index is 0.333. The normalized spacial score (nSPS) is 14.2. The Kier molecular flexibility index (Phi) is 6.01. The molecule has 0 aliphatic heterocycles. The van der Waals surface area contributed by atoms with Crippen molar-refractivity contribution < 1.29 is 0 Å². The lowest BCUT2D eigenvalue weighted by Gasteiger charge is -2.24. The molecule has 2 rings (SSSR count). The van der Waals surface area contributed by atoms with Gasteiger partial charge in [0.25, 0.3) is 0 Å². The predicted octanol–water partition coefficient (Wildman–Crippen LogP) is 3.93. The second-order valence-electron chi connectivity index (χ2n) is 4.66. The molecule has 0 spiro atoms. The van der Waals surface area contributed by atoms with Crippen molar-refractivity contribution in [3.05, 3.63) is 41.7 Å². The van der Waals surface area contributed by atoms with Gasteiger partial charge in [-0.1, -0.05) is 56.8 Å². The zero-order valence-corrected chi connectivity index (χ0v) is 13.8. The van der Waals surface area contributed by atoms with E-state index in [9.17, 15) is 0 Å². The number of benzene rings is 1. The zero-order valence-electron chi connectivity index (χ0n) is 12.2. The molecule has 3 nitrogen and oxygen atoms in total. The van der Waals surface area contributed by atoms with E-state index >= 15 is 0 Å². The highest BCUT2D eigenvalue weighted by atomic mass is 32.2. The summed E-state index contributed by atoms with van der Waals surface area (Å²) in [5.41, 5.74) is 2.72. The number of hydrogen-bond donors (Lipinski definition) is 1. The third kappa shape index (κ3) is 4.04. The second-order valence-corrected chi connectivity index (χ2v) is 7.07. The van der Waals surface area contributed by atoms with Gasteiger partial charge in [0.1, 0.15) is 6.33 Å². The fourth-order valence-electron chi connectivity index (χ4n) is 2.18. The smallest absolute Gasteiger partial charge is 0.170 e. The molecule has 0 bridgehead atoms. The van der Waals surface area contributed by atoms with E-state index in [4.69, 9.17) is 0 Å². The van der Waals surface area contributed by atoms with Gasteiger partial charge in [-0.15, -0.1) is 0 Å². The number of nitrogens with zero attached hydrogens (tertiary/aromatic N) is 2. The lowest BCUT2D eigenvalue weighted by atomic mass is 10.0. The molecule has 20 heavy (non-hydrogen) atoms. The first-order valence-corrected chi connectivity index (χ1v) is 8.65. The van der Waals surface area contributed by atoms with Crippen LogP contribution in [0.3, 0.4) is 0 Å². The molecule has 1 N–H and O–H groups in total. The molecule has 0 radical (unpaired) electrons. The molecule has 5 heteroatoms. The summed E-state index contributed by atoms with van der Waals surface area (Å²) in [6.07, 6.45) is 2.71. The summed E-state index contributed by atoms with van der Waals surface area (Å²) < 4.78 is 5.10. The molecule has 0 saturated heterocycles. The van der Waals surface area contributed by atoms with Gasteiger partial charge in [-0.2, -0.15) is 4.37 Å². The van der Waals surface area contributed by atoms with Crippen LogP contribution in [0, 0.1) is 0 Å². The van der Waals surface area contributed by atoms with Crippen LogP contribution in [-0.2, 0) is 6.42 Å². The summed E-state index contributed by atoms with van der Waals surface area (Å²) >= 11 is 3.25. The minimum Gasteiger partial charge on any atom is -0.309 e. The number of nitrogens with one attached hydrogen (secondary N) is 1. The van der Waals surface area contributed by atoms with Gasteiger partial charge in [-0.25, -0.2) is 4.98 Å². The third-order valence-corrected chi connectivity index (χ3v) is 5.19. The van der Waals surface area contributed by atoms with E-state index in [1.165, 1.54) is 22.7 Å². The Bertz CT molecular complexity index is 496. The zero-order chi connectivity index (χ0) is 14.4. The van der Waals surface area contributed by atoms with E-state index in [1.807, 2.05) is 0 Å². The Morgan fingerprint density at radius 3 is 2.55 bits per heavy atom. The molecule has 2 unspecified atom stereocenters. The van der Waals surface area contributed by atoms with E-state index in [-0.39, 0.29) is 0 Å². The highest BCUT2D eigenvalue weighted by molar-refractivity contribution is 8.01. The predicted molar refractivity (Wildman–Crippen MR) is 87.5 cm³/mol. The van der Waals surface area contributed by atoms with Crippen molar-refractivity contribution in [3.63, 3.8) is 0 Å². The fourth-order valence-corrected chi connectivity index (χ4v) is 4.03. The van der Waals surface area contributed by atoms with E-state index in [0.29, 0.717) is 11.3 Å². The lowest BCUT2D eigenvalue weighted by molar-refractivity contribution is 0.548. The van der Waals surface area contributed by atoms with Crippen molar-refractivity contribution in [1.29, 1.82) is 0 Å². The van der Waals surface area contributed by atoms with E-state index in [2.05, 4.69) is 59.7 Å². The Labute approximate surface area is 129 Å². The molecule has 2 aromatic rings. The summed E-state index contributed by atoms with van der Waals surface area (Å²) in [5.74, 6) is 0. The highest BCUT2D eigenvalue weighted by Crippen LogP contribution is 2.32. The Hall–Kier alpha value is -0.910. The Morgan fingerprint density at radius 2 is 2.00 bits per heavy atom. The maximum atomic E-state index is 4.26. The molecule has 1 heterocycles. The van der Waals surface area contributed by atoms with Crippen LogP contribution in [0.25, 0.3) is 0 Å². The van der Waals surface area contributed by atoms with Crippen molar-refractivity contribution in [3.8, 4) is 0 Å². The van der Waals surface area contributed by atoms with Crippen molar-refractivity contribution in [2.45, 2.75) is 42.8 Å². The first kappa shape index (κ1) is 15.5. The van der Waals surface area contributed by atoms with Gasteiger partial charge < -0.3 is 5.32 Å². The first-order chi connectivity index (χ1) is 9.74. The molecule has 0 saturated carbocycles. The van der Waals surface area contributed by atoms with Crippen LogP contribution < -0.4 is 5.32 Å². The molecule has 108 valence electrons. The monoisotopic (exact) mass is 307 g/mol. The molecule has 0 aliphatic rings. The number of aryl methyl sites for hydroxylation is 1. The average Bonchev–Trinajstić information content (AvgIpc) is 2.97. The Balaban J connectivity index is 2.11. The molecular weight excluding hydrogens is 286 g/mol. The van der Waals surface area contributed by atoms with E-state index in [1.54, 1.807) is 18.1 Å². The lowest BCUT2D eigenvalue weighted by Crippen LogP contribution is -2.28. The molecule has 1 aromatic carbocycles. The van der Waals surface area contributed by atoms with Crippen molar-refractivity contribution in [1.82, 2.24) is 14.7 Å². The van der Waals surface area contributed by atoms with Crippen LogP contribution in [0.4, 0.5) is 0 Å². The van der Waals surface area contributed by atoms with E-state index in [0.717, 1.165) is 17.3 Å². The van der Waals surface area contributed by atoms with Crippen LogP contribution in [0.15, 0.2) is 34.9 Å². The second kappa shape index (κ2) is 7.76. The Morgan fingerprint density at radius 1 is 1.25 bits per heavy atom. The van der Waals surface area contributed by atoms with Gasteiger partial charge in [0, 0.05) is 11.3 Å². The molecule has 1 aromatic heterocycles. The quantitative estimate of drug-likeness (QED) is 0.787. The molecule has 0 aliphatic carbocycles.